The number of aliphatic hydroxyl groups is 1. The summed E-state index contributed by atoms with van der Waals surface area (Å²) < 4.78 is 5.52. The molecule has 0 fully saturated rings. The summed E-state index contributed by atoms with van der Waals surface area (Å²) in [6.07, 6.45) is 2.38. The maximum Gasteiger partial charge on any atom is 0.198 e. The van der Waals surface area contributed by atoms with Crippen LogP contribution in [0.15, 0.2) is 34.9 Å². The first-order chi connectivity index (χ1) is 8.13. The summed E-state index contributed by atoms with van der Waals surface area (Å²) in [5.41, 5.74) is 1.10. The van der Waals surface area contributed by atoms with Gasteiger partial charge < -0.3 is 9.52 Å². The van der Waals surface area contributed by atoms with E-state index in [1.54, 1.807) is 13.1 Å². The van der Waals surface area contributed by atoms with E-state index >= 15 is 0 Å². The van der Waals surface area contributed by atoms with Crippen LogP contribution in [0.5, 0.6) is 0 Å². The molecule has 0 aliphatic heterocycles. The van der Waals surface area contributed by atoms with Crippen molar-refractivity contribution in [3.63, 3.8) is 0 Å². The standard InChI is InChI=1S/C13H14ClNO2/c1-9(16)6-12-8-15-13(17-12)7-10-2-4-11(14)5-3-10/h2-5,8-9,16H,6-7H2,1H3. The van der Waals surface area contributed by atoms with Crippen LogP contribution in [0, 0.1) is 0 Å². The zero-order valence-corrected chi connectivity index (χ0v) is 10.3. The fourth-order valence-electron chi connectivity index (χ4n) is 1.59. The van der Waals surface area contributed by atoms with E-state index in [2.05, 4.69) is 4.98 Å². The molecule has 0 aliphatic rings. The molecule has 3 nitrogen and oxygen atoms in total. The van der Waals surface area contributed by atoms with Crippen molar-refractivity contribution in [2.75, 3.05) is 0 Å². The summed E-state index contributed by atoms with van der Waals surface area (Å²) in [5.74, 6) is 1.37. The van der Waals surface area contributed by atoms with Crippen LogP contribution in [0.2, 0.25) is 5.02 Å². The summed E-state index contributed by atoms with van der Waals surface area (Å²) in [5, 5.41) is 9.95. The zero-order valence-electron chi connectivity index (χ0n) is 9.56. The van der Waals surface area contributed by atoms with Crippen molar-refractivity contribution < 1.29 is 9.52 Å². The largest absolute Gasteiger partial charge is 0.445 e. The molecule has 0 spiro atoms. The summed E-state index contributed by atoms with van der Waals surface area (Å²) in [6.45, 7) is 1.72. The Bertz CT molecular complexity index is 476. The van der Waals surface area contributed by atoms with E-state index in [1.165, 1.54) is 0 Å². The Morgan fingerprint density at radius 3 is 2.71 bits per heavy atom. The summed E-state index contributed by atoms with van der Waals surface area (Å²) in [6, 6.07) is 7.58. The number of halogens is 1. The van der Waals surface area contributed by atoms with E-state index < -0.39 is 6.10 Å². The first-order valence-corrected chi connectivity index (χ1v) is 5.87. The van der Waals surface area contributed by atoms with Gasteiger partial charge in [0.25, 0.3) is 0 Å². The second kappa shape index (κ2) is 5.34. The summed E-state index contributed by atoms with van der Waals surface area (Å²) in [4.78, 5) is 4.18. The molecule has 1 heterocycles. The Morgan fingerprint density at radius 2 is 2.06 bits per heavy atom. The number of oxazole rings is 1. The Hall–Kier alpha value is -1.32. The minimum absolute atomic E-state index is 0.411. The molecular formula is C13H14ClNO2. The molecular weight excluding hydrogens is 238 g/mol. The molecule has 0 saturated carbocycles. The fraction of sp³-hybridized carbons (Fsp3) is 0.308. The van der Waals surface area contributed by atoms with Gasteiger partial charge in [0.1, 0.15) is 5.76 Å². The summed E-state index contributed by atoms with van der Waals surface area (Å²) in [7, 11) is 0. The highest BCUT2D eigenvalue weighted by molar-refractivity contribution is 6.30. The van der Waals surface area contributed by atoms with Gasteiger partial charge in [0.15, 0.2) is 5.89 Å². The lowest BCUT2D eigenvalue weighted by molar-refractivity contribution is 0.186. The minimum atomic E-state index is -0.411. The molecule has 90 valence electrons. The van der Waals surface area contributed by atoms with E-state index in [9.17, 15) is 5.11 Å². The number of benzene rings is 1. The quantitative estimate of drug-likeness (QED) is 0.909. The summed E-state index contributed by atoms with van der Waals surface area (Å²) >= 11 is 5.81. The lowest BCUT2D eigenvalue weighted by atomic mass is 10.1. The van der Waals surface area contributed by atoms with Gasteiger partial charge in [-0.25, -0.2) is 4.98 Å². The van der Waals surface area contributed by atoms with Gasteiger partial charge in [0.05, 0.1) is 12.3 Å². The van der Waals surface area contributed by atoms with Crippen LogP contribution in [0.1, 0.15) is 24.1 Å². The van der Waals surface area contributed by atoms with Crippen LogP contribution in [0.25, 0.3) is 0 Å². The van der Waals surface area contributed by atoms with Gasteiger partial charge >= 0.3 is 0 Å². The normalized spacial score (nSPS) is 12.6. The van der Waals surface area contributed by atoms with Crippen LogP contribution in [-0.4, -0.2) is 16.2 Å². The Kier molecular flexibility index (Phi) is 3.82. The van der Waals surface area contributed by atoms with Crippen LogP contribution in [-0.2, 0) is 12.8 Å². The second-order valence-electron chi connectivity index (χ2n) is 4.08. The number of rotatable bonds is 4. The smallest absolute Gasteiger partial charge is 0.198 e. The van der Waals surface area contributed by atoms with Crippen molar-refractivity contribution in [3.05, 3.63) is 52.7 Å². The SMILES string of the molecule is CC(O)Cc1cnc(Cc2ccc(Cl)cc2)o1. The molecule has 2 aromatic rings. The molecule has 4 heteroatoms. The number of aromatic nitrogens is 1. The number of nitrogens with zero attached hydrogens (tertiary/aromatic N) is 1. The van der Waals surface area contributed by atoms with E-state index in [-0.39, 0.29) is 0 Å². The molecule has 2 rings (SSSR count). The van der Waals surface area contributed by atoms with Crippen LogP contribution in [0.4, 0.5) is 0 Å². The predicted octanol–water partition coefficient (Wildman–Crippen LogP) is 2.84. The predicted molar refractivity (Wildman–Crippen MR) is 66.1 cm³/mol. The van der Waals surface area contributed by atoms with Gasteiger partial charge in [-0.1, -0.05) is 23.7 Å². The van der Waals surface area contributed by atoms with Crippen molar-refractivity contribution >= 4 is 11.6 Å². The van der Waals surface area contributed by atoms with E-state index in [4.69, 9.17) is 16.0 Å². The molecule has 0 bridgehead atoms. The van der Waals surface area contributed by atoms with Gasteiger partial charge in [0.2, 0.25) is 0 Å². The van der Waals surface area contributed by atoms with Gasteiger partial charge in [-0.15, -0.1) is 0 Å². The van der Waals surface area contributed by atoms with Gasteiger partial charge in [-0.2, -0.15) is 0 Å². The molecule has 0 radical (unpaired) electrons. The minimum Gasteiger partial charge on any atom is -0.445 e. The average Bonchev–Trinajstić information content (AvgIpc) is 2.68. The molecule has 0 amide bonds. The van der Waals surface area contributed by atoms with E-state index in [0.717, 1.165) is 10.6 Å². The lowest BCUT2D eigenvalue weighted by Crippen LogP contribution is -2.02. The maximum absolute atomic E-state index is 9.23. The molecule has 0 aliphatic carbocycles. The van der Waals surface area contributed by atoms with Crippen molar-refractivity contribution in [2.45, 2.75) is 25.9 Å². The molecule has 1 aromatic heterocycles. The third-order valence-electron chi connectivity index (χ3n) is 2.37. The zero-order chi connectivity index (χ0) is 12.3. The van der Waals surface area contributed by atoms with Crippen molar-refractivity contribution in [2.24, 2.45) is 0 Å². The van der Waals surface area contributed by atoms with Crippen LogP contribution < -0.4 is 0 Å². The maximum atomic E-state index is 9.23. The number of hydrogen-bond donors (Lipinski definition) is 1. The van der Waals surface area contributed by atoms with E-state index in [1.807, 2.05) is 24.3 Å². The second-order valence-corrected chi connectivity index (χ2v) is 4.51. The molecule has 1 atom stereocenters. The topological polar surface area (TPSA) is 46.3 Å². The number of hydrogen-bond acceptors (Lipinski definition) is 3. The fourth-order valence-corrected chi connectivity index (χ4v) is 1.72. The third kappa shape index (κ3) is 3.58. The molecule has 1 N–H and O–H groups in total. The van der Waals surface area contributed by atoms with Gasteiger partial charge in [-0.3, -0.25) is 0 Å². The lowest BCUT2D eigenvalue weighted by Gasteiger charge is -1.99. The van der Waals surface area contributed by atoms with Gasteiger partial charge in [0, 0.05) is 17.9 Å². The first-order valence-electron chi connectivity index (χ1n) is 5.49. The van der Waals surface area contributed by atoms with Gasteiger partial charge in [-0.05, 0) is 24.6 Å². The Morgan fingerprint density at radius 1 is 1.35 bits per heavy atom. The molecule has 1 unspecified atom stereocenters. The third-order valence-corrected chi connectivity index (χ3v) is 2.62. The molecule has 0 saturated heterocycles. The highest BCUT2D eigenvalue weighted by Crippen LogP contribution is 2.14. The number of aliphatic hydroxyl groups excluding tert-OH is 1. The average molecular weight is 252 g/mol. The highest BCUT2D eigenvalue weighted by Gasteiger charge is 2.07. The Labute approximate surface area is 105 Å². The van der Waals surface area contributed by atoms with Crippen LogP contribution in [0.3, 0.4) is 0 Å². The Balaban J connectivity index is 2.03. The molecule has 1 aromatic carbocycles. The monoisotopic (exact) mass is 251 g/mol. The molecule has 17 heavy (non-hydrogen) atoms. The van der Waals surface area contributed by atoms with Crippen molar-refractivity contribution in [3.8, 4) is 0 Å². The van der Waals surface area contributed by atoms with E-state index in [0.29, 0.717) is 24.5 Å². The first kappa shape index (κ1) is 12.1. The highest BCUT2D eigenvalue weighted by atomic mass is 35.5. The van der Waals surface area contributed by atoms with Crippen LogP contribution >= 0.6 is 11.6 Å². The van der Waals surface area contributed by atoms with Crippen molar-refractivity contribution in [1.29, 1.82) is 0 Å². The van der Waals surface area contributed by atoms with Crippen molar-refractivity contribution in [1.82, 2.24) is 4.98 Å².